The monoisotopic (exact) mass is 401 g/mol. The lowest BCUT2D eigenvalue weighted by Gasteiger charge is -2.22. The minimum absolute atomic E-state index is 0.0561. The lowest BCUT2D eigenvalue weighted by Crippen LogP contribution is -2.46. The molecule has 0 aromatic heterocycles. The topological polar surface area (TPSA) is 68.8 Å². The molecule has 2 atom stereocenters. The van der Waals surface area contributed by atoms with Gasteiger partial charge in [-0.3, -0.25) is 9.69 Å². The second-order valence-corrected chi connectivity index (χ2v) is 8.82. The number of guanidine groups is 1. The summed E-state index contributed by atoms with van der Waals surface area (Å²) in [6.07, 6.45) is 0.532. The van der Waals surface area contributed by atoms with Crippen LogP contribution in [0.5, 0.6) is 0 Å². The largest absolute Gasteiger partial charge is 0.357 e. The van der Waals surface area contributed by atoms with Crippen LogP contribution in [0, 0.1) is 11.8 Å². The van der Waals surface area contributed by atoms with E-state index >= 15 is 0 Å². The highest BCUT2D eigenvalue weighted by molar-refractivity contribution is 5.90. The van der Waals surface area contributed by atoms with E-state index in [0.29, 0.717) is 36.9 Å². The first-order chi connectivity index (χ1) is 13.8. The Balaban J connectivity index is 1.99. The Bertz CT molecular complexity index is 686. The van der Waals surface area contributed by atoms with E-state index in [-0.39, 0.29) is 5.91 Å². The predicted octanol–water partition coefficient (Wildman–Crippen LogP) is 3.46. The smallest absolute Gasteiger partial charge is 0.224 e. The molecular formula is C23H39N5O. The minimum Gasteiger partial charge on any atom is -0.357 e. The van der Waals surface area contributed by atoms with Crippen LogP contribution in [0.4, 0.5) is 5.69 Å². The number of nitrogens with zero attached hydrogens (tertiary/aromatic N) is 2. The summed E-state index contributed by atoms with van der Waals surface area (Å²) in [5.41, 5.74) is 1.91. The standard InChI is InChI=1S/C23H39N5O/c1-7-24-23(27-21-15-28(17(4)5)14-18(21)6)25-13-19-9-8-10-20(12-19)26-22(29)11-16(2)3/h8-10,12,16-18,21H,7,11,13-15H2,1-6H3,(H,26,29)(H2,24,25,27). The molecule has 0 saturated carbocycles. The molecule has 0 bridgehead atoms. The Hall–Kier alpha value is -2.08. The molecule has 1 aromatic rings. The van der Waals surface area contributed by atoms with E-state index in [0.717, 1.165) is 36.8 Å². The van der Waals surface area contributed by atoms with Crippen molar-refractivity contribution in [2.24, 2.45) is 16.8 Å². The van der Waals surface area contributed by atoms with Gasteiger partial charge in [-0.15, -0.1) is 0 Å². The molecule has 3 N–H and O–H groups in total. The lowest BCUT2D eigenvalue weighted by atomic mass is 10.1. The van der Waals surface area contributed by atoms with Gasteiger partial charge in [-0.2, -0.15) is 0 Å². The summed E-state index contributed by atoms with van der Waals surface area (Å²) < 4.78 is 0. The summed E-state index contributed by atoms with van der Waals surface area (Å²) in [6, 6.07) is 8.91. The van der Waals surface area contributed by atoms with Crippen LogP contribution in [0.15, 0.2) is 29.3 Å². The Labute approximate surface area is 176 Å². The third kappa shape index (κ3) is 7.69. The zero-order valence-corrected chi connectivity index (χ0v) is 19.0. The van der Waals surface area contributed by atoms with Crippen molar-refractivity contribution in [3.8, 4) is 0 Å². The van der Waals surface area contributed by atoms with Gasteiger partial charge in [-0.05, 0) is 50.3 Å². The van der Waals surface area contributed by atoms with Crippen molar-refractivity contribution in [1.82, 2.24) is 15.5 Å². The Kier molecular flexibility index (Phi) is 8.96. The van der Waals surface area contributed by atoms with Gasteiger partial charge in [0.2, 0.25) is 5.91 Å². The molecule has 6 nitrogen and oxygen atoms in total. The Morgan fingerprint density at radius 3 is 2.62 bits per heavy atom. The summed E-state index contributed by atoms with van der Waals surface area (Å²) in [6.45, 7) is 16.5. The summed E-state index contributed by atoms with van der Waals surface area (Å²) >= 11 is 0. The van der Waals surface area contributed by atoms with E-state index < -0.39 is 0 Å². The van der Waals surface area contributed by atoms with Crippen LogP contribution < -0.4 is 16.0 Å². The van der Waals surface area contributed by atoms with E-state index in [2.05, 4.69) is 48.5 Å². The number of hydrogen-bond donors (Lipinski definition) is 3. The molecule has 1 saturated heterocycles. The van der Waals surface area contributed by atoms with Crippen LogP contribution in [0.25, 0.3) is 0 Å². The third-order valence-corrected chi connectivity index (χ3v) is 5.26. The molecule has 1 aliphatic rings. The normalized spacial score (nSPS) is 20.3. The molecule has 1 amide bonds. The molecule has 29 heavy (non-hydrogen) atoms. The van der Waals surface area contributed by atoms with Crippen molar-refractivity contribution >= 4 is 17.6 Å². The van der Waals surface area contributed by atoms with Crippen molar-refractivity contribution in [3.05, 3.63) is 29.8 Å². The maximum Gasteiger partial charge on any atom is 0.224 e. The van der Waals surface area contributed by atoms with E-state index in [1.807, 2.05) is 38.1 Å². The molecular weight excluding hydrogens is 362 g/mol. The molecule has 2 unspecified atom stereocenters. The minimum atomic E-state index is 0.0561. The average Bonchev–Trinajstić information content (AvgIpc) is 3.00. The average molecular weight is 402 g/mol. The highest BCUT2D eigenvalue weighted by atomic mass is 16.1. The third-order valence-electron chi connectivity index (χ3n) is 5.26. The van der Waals surface area contributed by atoms with E-state index in [1.54, 1.807) is 0 Å². The molecule has 0 radical (unpaired) electrons. The zero-order chi connectivity index (χ0) is 21.4. The number of carbonyl (C=O) groups is 1. The van der Waals surface area contributed by atoms with E-state index in [4.69, 9.17) is 4.99 Å². The van der Waals surface area contributed by atoms with E-state index in [9.17, 15) is 4.79 Å². The number of likely N-dealkylation sites (tertiary alicyclic amines) is 1. The second-order valence-electron chi connectivity index (χ2n) is 8.82. The number of aliphatic imine (C=N–C) groups is 1. The van der Waals surface area contributed by atoms with Gasteiger partial charge in [-0.1, -0.05) is 32.9 Å². The maximum atomic E-state index is 12.0. The van der Waals surface area contributed by atoms with Gasteiger partial charge in [0.15, 0.2) is 5.96 Å². The van der Waals surface area contributed by atoms with Gasteiger partial charge in [0.25, 0.3) is 0 Å². The number of anilines is 1. The van der Waals surface area contributed by atoms with Crippen molar-refractivity contribution in [3.63, 3.8) is 0 Å². The second kappa shape index (κ2) is 11.2. The quantitative estimate of drug-likeness (QED) is 0.461. The molecule has 162 valence electrons. The first-order valence-electron chi connectivity index (χ1n) is 11.0. The Morgan fingerprint density at radius 2 is 2.00 bits per heavy atom. The maximum absolute atomic E-state index is 12.0. The van der Waals surface area contributed by atoms with Gasteiger partial charge in [0, 0.05) is 43.8 Å². The fourth-order valence-electron chi connectivity index (χ4n) is 3.61. The highest BCUT2D eigenvalue weighted by Crippen LogP contribution is 2.19. The SMILES string of the molecule is CCNC(=NCc1cccc(NC(=O)CC(C)C)c1)NC1CN(C(C)C)CC1C. The molecule has 1 aromatic carbocycles. The van der Waals surface area contributed by atoms with Crippen molar-refractivity contribution in [1.29, 1.82) is 0 Å². The van der Waals surface area contributed by atoms with Crippen LogP contribution in [0.1, 0.15) is 53.5 Å². The number of amides is 1. The summed E-state index contributed by atoms with van der Waals surface area (Å²) in [5, 5.41) is 9.96. The lowest BCUT2D eigenvalue weighted by molar-refractivity contribution is -0.116. The van der Waals surface area contributed by atoms with Gasteiger partial charge in [0.05, 0.1) is 6.54 Å². The molecule has 1 aliphatic heterocycles. The van der Waals surface area contributed by atoms with E-state index in [1.165, 1.54) is 0 Å². The predicted molar refractivity (Wildman–Crippen MR) is 122 cm³/mol. The summed E-state index contributed by atoms with van der Waals surface area (Å²) in [5.74, 6) is 1.84. The van der Waals surface area contributed by atoms with Gasteiger partial charge in [-0.25, -0.2) is 4.99 Å². The number of rotatable bonds is 8. The van der Waals surface area contributed by atoms with Crippen molar-refractivity contribution in [2.45, 2.75) is 66.6 Å². The zero-order valence-electron chi connectivity index (χ0n) is 19.0. The first-order valence-corrected chi connectivity index (χ1v) is 11.0. The van der Waals surface area contributed by atoms with Gasteiger partial charge < -0.3 is 16.0 Å². The van der Waals surface area contributed by atoms with Crippen molar-refractivity contribution in [2.75, 3.05) is 25.0 Å². The van der Waals surface area contributed by atoms with Crippen LogP contribution in [0.2, 0.25) is 0 Å². The molecule has 1 heterocycles. The molecule has 0 spiro atoms. The fourth-order valence-corrected chi connectivity index (χ4v) is 3.61. The number of hydrogen-bond acceptors (Lipinski definition) is 3. The van der Waals surface area contributed by atoms with Crippen LogP contribution in [0.3, 0.4) is 0 Å². The molecule has 2 rings (SSSR count). The van der Waals surface area contributed by atoms with Gasteiger partial charge >= 0.3 is 0 Å². The number of benzene rings is 1. The molecule has 0 aliphatic carbocycles. The van der Waals surface area contributed by atoms with Crippen molar-refractivity contribution < 1.29 is 4.79 Å². The van der Waals surface area contributed by atoms with Gasteiger partial charge in [0.1, 0.15) is 0 Å². The Morgan fingerprint density at radius 1 is 1.24 bits per heavy atom. The highest BCUT2D eigenvalue weighted by Gasteiger charge is 2.31. The molecule has 1 fully saturated rings. The van der Waals surface area contributed by atoms with Crippen LogP contribution in [-0.2, 0) is 11.3 Å². The van der Waals surface area contributed by atoms with Crippen LogP contribution >= 0.6 is 0 Å². The number of nitrogens with one attached hydrogen (secondary N) is 3. The number of carbonyl (C=O) groups excluding carboxylic acids is 1. The van der Waals surface area contributed by atoms with Crippen LogP contribution in [-0.4, -0.2) is 48.5 Å². The summed E-state index contributed by atoms with van der Waals surface area (Å²) in [7, 11) is 0. The fraction of sp³-hybridized carbons (Fsp3) is 0.652. The molecule has 6 heteroatoms. The first kappa shape index (κ1) is 23.2. The summed E-state index contributed by atoms with van der Waals surface area (Å²) in [4.78, 5) is 19.3.